The molecule has 0 amide bonds. The zero-order valence-electron chi connectivity index (χ0n) is 16.3. The third-order valence-corrected chi connectivity index (χ3v) is 4.75. The first kappa shape index (κ1) is 21.5. The van der Waals surface area contributed by atoms with Gasteiger partial charge in [-0.05, 0) is 60.2 Å². The van der Waals surface area contributed by atoms with Crippen molar-refractivity contribution in [1.29, 1.82) is 0 Å². The zero-order valence-corrected chi connectivity index (χ0v) is 17.1. The maximum absolute atomic E-state index is 12.4. The predicted molar refractivity (Wildman–Crippen MR) is 117 cm³/mol. The minimum atomic E-state index is -0.246. The van der Waals surface area contributed by atoms with Crippen LogP contribution in [0.2, 0.25) is 5.02 Å². The molecule has 3 rings (SSSR count). The third kappa shape index (κ3) is 5.04. The number of ketones is 1. The van der Waals surface area contributed by atoms with E-state index in [1.165, 1.54) is 13.2 Å². The summed E-state index contributed by atoms with van der Waals surface area (Å²) >= 11 is 5.86. The molecule has 1 aromatic heterocycles. The Kier molecular flexibility index (Phi) is 7.19. The molecule has 3 aromatic rings. The first-order chi connectivity index (χ1) is 14.5. The molecule has 0 atom stereocenters. The van der Waals surface area contributed by atoms with Gasteiger partial charge in [-0.2, -0.15) is 0 Å². The van der Waals surface area contributed by atoms with Gasteiger partial charge in [0.1, 0.15) is 11.6 Å². The number of aromatic nitrogens is 1. The number of carbonyl (C=O) groups excluding carboxylic acids is 1. The van der Waals surface area contributed by atoms with E-state index in [1.807, 2.05) is 6.07 Å². The minimum absolute atomic E-state index is 0.155. The molecule has 0 bridgehead atoms. The average Bonchev–Trinajstić information content (AvgIpc) is 2.78. The Morgan fingerprint density at radius 2 is 1.93 bits per heavy atom. The lowest BCUT2D eigenvalue weighted by molar-refractivity contribution is 0.104. The topological polar surface area (TPSA) is 91.7 Å². The van der Waals surface area contributed by atoms with Gasteiger partial charge in [0.05, 0.1) is 20.3 Å². The summed E-state index contributed by atoms with van der Waals surface area (Å²) < 4.78 is 5.32. The highest BCUT2D eigenvalue weighted by Gasteiger charge is 2.12. The quantitative estimate of drug-likeness (QED) is 0.367. The molecule has 0 spiro atoms. The molecule has 154 valence electrons. The highest BCUT2D eigenvalue weighted by molar-refractivity contribution is 6.30. The largest absolute Gasteiger partial charge is 0.496 e. The van der Waals surface area contributed by atoms with Crippen molar-refractivity contribution in [2.75, 3.05) is 12.4 Å². The summed E-state index contributed by atoms with van der Waals surface area (Å²) in [7, 11) is 1.50. The number of methoxy groups -OCH3 is 1. The van der Waals surface area contributed by atoms with Gasteiger partial charge in [-0.25, -0.2) is 4.98 Å². The smallest absolute Gasteiger partial charge is 0.185 e. The highest BCUT2D eigenvalue weighted by atomic mass is 35.5. The van der Waals surface area contributed by atoms with E-state index in [4.69, 9.17) is 16.3 Å². The Bertz CT molecular complexity index is 1040. The number of nitrogens with one attached hydrogen (secondary N) is 1. The molecule has 3 N–H and O–H groups in total. The maximum atomic E-state index is 12.4. The third-order valence-electron chi connectivity index (χ3n) is 4.49. The molecule has 7 heteroatoms. The van der Waals surface area contributed by atoms with Crippen molar-refractivity contribution in [1.82, 2.24) is 4.98 Å². The first-order valence-electron chi connectivity index (χ1n) is 9.17. The van der Waals surface area contributed by atoms with E-state index in [-0.39, 0.29) is 19.0 Å². The van der Waals surface area contributed by atoms with Gasteiger partial charge < -0.3 is 20.3 Å². The lowest BCUT2D eigenvalue weighted by Crippen LogP contribution is -2.02. The van der Waals surface area contributed by atoms with Crippen molar-refractivity contribution in [2.45, 2.75) is 13.2 Å². The molecule has 6 nitrogen and oxygen atoms in total. The van der Waals surface area contributed by atoms with E-state index in [1.54, 1.807) is 54.7 Å². The molecule has 1 heterocycles. The van der Waals surface area contributed by atoms with Crippen LogP contribution in [0.4, 0.5) is 11.5 Å². The summed E-state index contributed by atoms with van der Waals surface area (Å²) in [5.74, 6) is 0.829. The average molecular weight is 425 g/mol. The number of allylic oxidation sites excluding steroid dienone is 1. The standard InChI is InChI=1S/C23H21ClN2O4/c1-30-22-12-19(11-17(13-27)20(22)14-28)26-23-16(3-2-10-25-23)6-9-21(29)15-4-7-18(24)8-5-15/h2-12,27-28H,13-14H2,1H3,(H,25,26)/b9-6+. The second kappa shape index (κ2) is 10.0. The second-order valence-corrected chi connectivity index (χ2v) is 6.84. The lowest BCUT2D eigenvalue weighted by Gasteiger charge is -2.15. The molecule has 30 heavy (non-hydrogen) atoms. The maximum Gasteiger partial charge on any atom is 0.185 e. The lowest BCUT2D eigenvalue weighted by atomic mass is 10.1. The van der Waals surface area contributed by atoms with Gasteiger partial charge in [-0.3, -0.25) is 4.79 Å². The first-order valence-corrected chi connectivity index (χ1v) is 9.55. The van der Waals surface area contributed by atoms with Gasteiger partial charge in [0, 0.05) is 39.7 Å². The van der Waals surface area contributed by atoms with Crippen molar-refractivity contribution in [3.63, 3.8) is 0 Å². The van der Waals surface area contributed by atoms with E-state index >= 15 is 0 Å². The number of benzene rings is 2. The Labute approximate surface area is 179 Å². The Morgan fingerprint density at radius 3 is 2.60 bits per heavy atom. The Balaban J connectivity index is 1.87. The normalized spacial score (nSPS) is 10.9. The second-order valence-electron chi connectivity index (χ2n) is 6.40. The van der Waals surface area contributed by atoms with Crippen LogP contribution in [0.1, 0.15) is 27.0 Å². The SMILES string of the molecule is COc1cc(Nc2ncccc2/C=C/C(=O)c2ccc(Cl)cc2)cc(CO)c1CO. The van der Waals surface area contributed by atoms with Crippen LogP contribution < -0.4 is 10.1 Å². The van der Waals surface area contributed by atoms with E-state index < -0.39 is 0 Å². The van der Waals surface area contributed by atoms with Crippen LogP contribution >= 0.6 is 11.6 Å². The molecule has 0 saturated heterocycles. The van der Waals surface area contributed by atoms with Crippen molar-refractivity contribution in [3.05, 3.63) is 88.1 Å². The van der Waals surface area contributed by atoms with Crippen LogP contribution in [-0.4, -0.2) is 28.1 Å². The number of aliphatic hydroxyl groups is 2. The zero-order chi connectivity index (χ0) is 21.5. The summed E-state index contributed by atoms with van der Waals surface area (Å²) in [5.41, 5.74) is 2.94. The van der Waals surface area contributed by atoms with Gasteiger partial charge in [0.2, 0.25) is 0 Å². The van der Waals surface area contributed by atoms with Gasteiger partial charge in [0.25, 0.3) is 0 Å². The molecule has 0 fully saturated rings. The van der Waals surface area contributed by atoms with Crippen molar-refractivity contribution in [2.24, 2.45) is 0 Å². The number of ether oxygens (including phenoxy) is 1. The Hall–Kier alpha value is -3.19. The molecular formula is C23H21ClN2O4. The van der Waals surface area contributed by atoms with Crippen molar-refractivity contribution >= 4 is 35.0 Å². The number of nitrogens with zero attached hydrogens (tertiary/aromatic N) is 1. The summed E-state index contributed by atoms with van der Waals surface area (Å²) in [4.78, 5) is 16.7. The number of hydrogen-bond acceptors (Lipinski definition) is 6. The van der Waals surface area contributed by atoms with E-state index in [9.17, 15) is 15.0 Å². The molecule has 0 aliphatic carbocycles. The molecule has 2 aromatic carbocycles. The van der Waals surface area contributed by atoms with Crippen LogP contribution in [0.5, 0.6) is 5.75 Å². The van der Waals surface area contributed by atoms with E-state index in [2.05, 4.69) is 10.3 Å². The summed E-state index contributed by atoms with van der Waals surface area (Å²) in [6.07, 6.45) is 4.78. The molecule has 0 unspecified atom stereocenters. The van der Waals surface area contributed by atoms with Crippen LogP contribution in [0.15, 0.2) is 60.8 Å². The number of anilines is 2. The highest BCUT2D eigenvalue weighted by Crippen LogP contribution is 2.30. The number of aliphatic hydroxyl groups excluding tert-OH is 2. The number of pyridine rings is 1. The minimum Gasteiger partial charge on any atom is -0.496 e. The van der Waals surface area contributed by atoms with Crippen LogP contribution in [0.25, 0.3) is 6.08 Å². The summed E-state index contributed by atoms with van der Waals surface area (Å²) in [5, 5.41) is 22.9. The van der Waals surface area contributed by atoms with Crippen LogP contribution in [0, 0.1) is 0 Å². The number of hydrogen-bond donors (Lipinski definition) is 3. The number of carbonyl (C=O) groups is 1. The van der Waals surface area contributed by atoms with E-state index in [0.29, 0.717) is 44.5 Å². The predicted octanol–water partition coefficient (Wildman–Crippen LogP) is 4.37. The fraction of sp³-hybridized carbons (Fsp3) is 0.130. The fourth-order valence-electron chi connectivity index (χ4n) is 2.95. The van der Waals surface area contributed by atoms with Gasteiger partial charge in [0.15, 0.2) is 5.78 Å². The summed E-state index contributed by atoms with van der Waals surface area (Å²) in [6, 6.07) is 13.7. The monoisotopic (exact) mass is 424 g/mol. The summed E-state index contributed by atoms with van der Waals surface area (Å²) in [6.45, 7) is -0.490. The van der Waals surface area contributed by atoms with Crippen LogP contribution in [-0.2, 0) is 13.2 Å². The van der Waals surface area contributed by atoms with Gasteiger partial charge in [-0.1, -0.05) is 11.6 Å². The van der Waals surface area contributed by atoms with Crippen molar-refractivity contribution < 1.29 is 19.7 Å². The van der Waals surface area contributed by atoms with Gasteiger partial charge >= 0.3 is 0 Å². The van der Waals surface area contributed by atoms with Crippen LogP contribution in [0.3, 0.4) is 0 Å². The Morgan fingerprint density at radius 1 is 1.17 bits per heavy atom. The molecule has 0 radical (unpaired) electrons. The van der Waals surface area contributed by atoms with E-state index in [0.717, 1.165) is 0 Å². The molecular weight excluding hydrogens is 404 g/mol. The molecule has 0 aliphatic heterocycles. The fourth-order valence-corrected chi connectivity index (χ4v) is 3.07. The molecule has 0 aliphatic rings. The number of halogens is 1. The van der Waals surface area contributed by atoms with Gasteiger partial charge in [-0.15, -0.1) is 0 Å². The van der Waals surface area contributed by atoms with Crippen molar-refractivity contribution in [3.8, 4) is 5.75 Å². The number of rotatable bonds is 8. The molecule has 0 saturated carbocycles.